The number of likely N-dealkylation sites (tertiary alicyclic amines) is 1. The van der Waals surface area contributed by atoms with E-state index in [1.54, 1.807) is 6.26 Å². The molecule has 0 radical (unpaired) electrons. The standard InChI is InChI=1S/C15H15NO2/c17-15(12-5-2-1-3-6-12)16-9-8-13(11-16)14-7-4-10-18-14/h1-7,10,13H,8-9,11H2. The smallest absolute Gasteiger partial charge is 0.253 e. The minimum absolute atomic E-state index is 0.115. The van der Waals surface area contributed by atoms with Gasteiger partial charge < -0.3 is 9.32 Å². The predicted octanol–water partition coefficient (Wildman–Crippen LogP) is 2.91. The van der Waals surface area contributed by atoms with Crippen LogP contribution in [0.25, 0.3) is 0 Å². The summed E-state index contributed by atoms with van der Waals surface area (Å²) in [6.45, 7) is 1.56. The van der Waals surface area contributed by atoms with E-state index in [0.717, 1.165) is 30.8 Å². The molecule has 18 heavy (non-hydrogen) atoms. The van der Waals surface area contributed by atoms with Crippen LogP contribution in [0, 0.1) is 0 Å². The van der Waals surface area contributed by atoms with E-state index in [-0.39, 0.29) is 5.91 Å². The zero-order chi connectivity index (χ0) is 12.4. The fourth-order valence-electron chi connectivity index (χ4n) is 2.46. The molecule has 3 heteroatoms. The number of furan rings is 1. The zero-order valence-electron chi connectivity index (χ0n) is 10.1. The van der Waals surface area contributed by atoms with Gasteiger partial charge in [-0.25, -0.2) is 0 Å². The Labute approximate surface area is 106 Å². The molecule has 1 unspecified atom stereocenters. The third-order valence-electron chi connectivity index (χ3n) is 3.44. The quantitative estimate of drug-likeness (QED) is 0.810. The third kappa shape index (κ3) is 2.04. The first-order valence-corrected chi connectivity index (χ1v) is 6.22. The number of hydrogen-bond donors (Lipinski definition) is 0. The van der Waals surface area contributed by atoms with Crippen LogP contribution < -0.4 is 0 Å². The maximum atomic E-state index is 12.3. The van der Waals surface area contributed by atoms with E-state index in [1.165, 1.54) is 0 Å². The molecule has 2 aromatic rings. The Morgan fingerprint density at radius 3 is 2.72 bits per heavy atom. The van der Waals surface area contributed by atoms with Crippen molar-refractivity contribution in [1.29, 1.82) is 0 Å². The highest BCUT2D eigenvalue weighted by molar-refractivity contribution is 5.94. The van der Waals surface area contributed by atoms with Crippen molar-refractivity contribution < 1.29 is 9.21 Å². The first kappa shape index (κ1) is 11.1. The molecule has 0 aliphatic carbocycles. The second-order valence-corrected chi connectivity index (χ2v) is 4.62. The molecule has 1 amide bonds. The Morgan fingerprint density at radius 2 is 2.00 bits per heavy atom. The average Bonchev–Trinajstić information content (AvgIpc) is 3.09. The molecule has 0 N–H and O–H groups in total. The van der Waals surface area contributed by atoms with Gasteiger partial charge in [0.1, 0.15) is 5.76 Å². The van der Waals surface area contributed by atoms with Crippen LogP contribution in [0.4, 0.5) is 0 Å². The van der Waals surface area contributed by atoms with E-state index in [2.05, 4.69) is 0 Å². The molecule has 1 saturated heterocycles. The van der Waals surface area contributed by atoms with Crippen molar-refractivity contribution in [2.75, 3.05) is 13.1 Å². The van der Waals surface area contributed by atoms with Crippen molar-refractivity contribution in [1.82, 2.24) is 4.90 Å². The van der Waals surface area contributed by atoms with Gasteiger partial charge in [-0.2, -0.15) is 0 Å². The molecule has 0 spiro atoms. The third-order valence-corrected chi connectivity index (χ3v) is 3.44. The highest BCUT2D eigenvalue weighted by Crippen LogP contribution is 2.28. The fourth-order valence-corrected chi connectivity index (χ4v) is 2.46. The Morgan fingerprint density at radius 1 is 1.17 bits per heavy atom. The van der Waals surface area contributed by atoms with Crippen molar-refractivity contribution in [2.45, 2.75) is 12.3 Å². The monoisotopic (exact) mass is 241 g/mol. The number of carbonyl (C=O) groups excluding carboxylic acids is 1. The van der Waals surface area contributed by atoms with Gasteiger partial charge in [-0.05, 0) is 30.7 Å². The highest BCUT2D eigenvalue weighted by atomic mass is 16.3. The average molecular weight is 241 g/mol. The summed E-state index contributed by atoms with van der Waals surface area (Å²) in [7, 11) is 0. The van der Waals surface area contributed by atoms with Gasteiger partial charge in [-0.15, -0.1) is 0 Å². The molecule has 1 aliphatic rings. The summed E-state index contributed by atoms with van der Waals surface area (Å²) < 4.78 is 5.41. The van der Waals surface area contributed by atoms with Gasteiger partial charge in [-0.3, -0.25) is 4.79 Å². The summed E-state index contributed by atoms with van der Waals surface area (Å²) in [5.74, 6) is 1.44. The maximum absolute atomic E-state index is 12.3. The van der Waals surface area contributed by atoms with E-state index in [4.69, 9.17) is 4.42 Å². The molecule has 1 atom stereocenters. The van der Waals surface area contributed by atoms with E-state index < -0.39 is 0 Å². The maximum Gasteiger partial charge on any atom is 0.253 e. The van der Waals surface area contributed by atoms with Crippen LogP contribution in [-0.4, -0.2) is 23.9 Å². The summed E-state index contributed by atoms with van der Waals surface area (Å²) in [5.41, 5.74) is 0.762. The Bertz CT molecular complexity index is 519. The van der Waals surface area contributed by atoms with Crippen LogP contribution in [0.2, 0.25) is 0 Å². The van der Waals surface area contributed by atoms with Crippen molar-refractivity contribution in [3.05, 3.63) is 60.1 Å². The largest absolute Gasteiger partial charge is 0.469 e. The van der Waals surface area contributed by atoms with Crippen molar-refractivity contribution in [3.8, 4) is 0 Å². The van der Waals surface area contributed by atoms with Gasteiger partial charge in [0.2, 0.25) is 0 Å². The molecule has 1 aromatic carbocycles. The topological polar surface area (TPSA) is 33.5 Å². The number of amides is 1. The second kappa shape index (κ2) is 4.69. The van der Waals surface area contributed by atoms with E-state index in [0.29, 0.717) is 5.92 Å². The predicted molar refractivity (Wildman–Crippen MR) is 68.4 cm³/mol. The van der Waals surface area contributed by atoms with Gasteiger partial charge in [0.05, 0.1) is 6.26 Å². The summed E-state index contributed by atoms with van der Waals surface area (Å²) in [6, 6.07) is 13.3. The Hall–Kier alpha value is -2.03. The summed E-state index contributed by atoms with van der Waals surface area (Å²) >= 11 is 0. The summed E-state index contributed by atoms with van der Waals surface area (Å²) in [5, 5.41) is 0. The SMILES string of the molecule is O=C(c1ccccc1)N1CCC(c2ccco2)C1. The van der Waals surface area contributed by atoms with Gasteiger partial charge >= 0.3 is 0 Å². The number of benzene rings is 1. The van der Waals surface area contributed by atoms with Crippen LogP contribution in [0.15, 0.2) is 53.1 Å². The minimum Gasteiger partial charge on any atom is -0.469 e. The molecular weight excluding hydrogens is 226 g/mol. The lowest BCUT2D eigenvalue weighted by Gasteiger charge is -2.16. The minimum atomic E-state index is 0.115. The second-order valence-electron chi connectivity index (χ2n) is 4.62. The summed E-state index contributed by atoms with van der Waals surface area (Å²) in [4.78, 5) is 14.2. The van der Waals surface area contributed by atoms with Crippen molar-refractivity contribution in [2.24, 2.45) is 0 Å². The van der Waals surface area contributed by atoms with Crippen LogP contribution in [0.5, 0.6) is 0 Å². The Kier molecular flexibility index (Phi) is 2.89. The van der Waals surface area contributed by atoms with E-state index in [1.807, 2.05) is 47.4 Å². The molecule has 92 valence electrons. The lowest BCUT2D eigenvalue weighted by atomic mass is 10.1. The molecule has 3 rings (SSSR count). The molecule has 0 bridgehead atoms. The van der Waals surface area contributed by atoms with E-state index >= 15 is 0 Å². The lowest BCUT2D eigenvalue weighted by molar-refractivity contribution is 0.0790. The van der Waals surface area contributed by atoms with Gasteiger partial charge in [-0.1, -0.05) is 18.2 Å². The first-order chi connectivity index (χ1) is 8.84. The molecular formula is C15H15NO2. The zero-order valence-corrected chi connectivity index (χ0v) is 10.1. The number of nitrogens with zero attached hydrogens (tertiary/aromatic N) is 1. The van der Waals surface area contributed by atoms with E-state index in [9.17, 15) is 4.79 Å². The molecule has 1 fully saturated rings. The number of hydrogen-bond acceptors (Lipinski definition) is 2. The van der Waals surface area contributed by atoms with Crippen LogP contribution in [0.3, 0.4) is 0 Å². The van der Waals surface area contributed by atoms with Crippen molar-refractivity contribution in [3.63, 3.8) is 0 Å². The van der Waals surface area contributed by atoms with Gasteiger partial charge in [0, 0.05) is 24.6 Å². The summed E-state index contributed by atoms with van der Waals surface area (Å²) in [6.07, 6.45) is 2.67. The van der Waals surface area contributed by atoms with Crippen LogP contribution in [-0.2, 0) is 0 Å². The lowest BCUT2D eigenvalue weighted by Crippen LogP contribution is -2.28. The molecule has 1 aromatic heterocycles. The number of rotatable bonds is 2. The highest BCUT2D eigenvalue weighted by Gasteiger charge is 2.29. The Balaban J connectivity index is 1.71. The van der Waals surface area contributed by atoms with Crippen molar-refractivity contribution >= 4 is 5.91 Å². The normalized spacial score (nSPS) is 19.1. The van der Waals surface area contributed by atoms with Crippen LogP contribution in [0.1, 0.15) is 28.5 Å². The molecule has 3 nitrogen and oxygen atoms in total. The molecule has 1 aliphatic heterocycles. The molecule has 0 saturated carbocycles. The fraction of sp³-hybridized carbons (Fsp3) is 0.267. The number of carbonyl (C=O) groups is 1. The molecule has 2 heterocycles. The van der Waals surface area contributed by atoms with Gasteiger partial charge in [0.25, 0.3) is 5.91 Å². The van der Waals surface area contributed by atoms with Crippen LogP contribution >= 0.6 is 0 Å². The first-order valence-electron chi connectivity index (χ1n) is 6.22. The van der Waals surface area contributed by atoms with Gasteiger partial charge in [0.15, 0.2) is 0 Å².